The van der Waals surface area contributed by atoms with Crippen molar-refractivity contribution in [1.82, 2.24) is 14.9 Å². The van der Waals surface area contributed by atoms with E-state index >= 15 is 0 Å². The summed E-state index contributed by atoms with van der Waals surface area (Å²) in [6, 6.07) is 0.602. The van der Waals surface area contributed by atoms with Crippen LogP contribution in [0.25, 0.3) is 0 Å². The van der Waals surface area contributed by atoms with E-state index in [1.807, 2.05) is 6.20 Å². The van der Waals surface area contributed by atoms with Crippen LogP contribution >= 0.6 is 0 Å². The van der Waals surface area contributed by atoms with Crippen molar-refractivity contribution in [1.29, 1.82) is 0 Å². The third kappa shape index (κ3) is 3.85. The molecule has 1 heterocycles. The van der Waals surface area contributed by atoms with Crippen LogP contribution < -0.4 is 5.32 Å². The maximum atomic E-state index is 4.56. The lowest BCUT2D eigenvalue weighted by Crippen LogP contribution is -2.40. The van der Waals surface area contributed by atoms with E-state index in [1.54, 1.807) is 0 Å². The number of rotatable bonds is 7. The Morgan fingerprint density at radius 2 is 2.00 bits per heavy atom. The molecule has 1 aromatic rings. The summed E-state index contributed by atoms with van der Waals surface area (Å²) in [6.45, 7) is 8.84. The Balaban J connectivity index is 1.97. The lowest BCUT2D eigenvalue weighted by Gasteiger charge is -2.34. The highest BCUT2D eigenvalue weighted by Gasteiger charge is 2.27. The molecule has 0 spiro atoms. The van der Waals surface area contributed by atoms with Gasteiger partial charge in [-0.15, -0.1) is 0 Å². The molecule has 0 aromatic carbocycles. The molecule has 1 aliphatic rings. The first-order chi connectivity index (χ1) is 9.78. The molecule has 20 heavy (non-hydrogen) atoms. The second-order valence-corrected chi connectivity index (χ2v) is 6.19. The predicted molar refractivity (Wildman–Crippen MR) is 84.8 cm³/mol. The molecule has 3 heteroatoms. The second-order valence-electron chi connectivity index (χ2n) is 6.19. The van der Waals surface area contributed by atoms with E-state index in [0.717, 1.165) is 31.3 Å². The second kappa shape index (κ2) is 7.82. The molecule has 1 aromatic heterocycles. The van der Waals surface area contributed by atoms with Gasteiger partial charge in [-0.2, -0.15) is 0 Å². The Labute approximate surface area is 124 Å². The summed E-state index contributed by atoms with van der Waals surface area (Å²) in [5.74, 6) is 3.06. The summed E-state index contributed by atoms with van der Waals surface area (Å²) in [5.41, 5.74) is 0. The van der Waals surface area contributed by atoms with Crippen molar-refractivity contribution in [3.05, 3.63) is 18.2 Å². The first-order valence-electron chi connectivity index (χ1n) is 8.51. The van der Waals surface area contributed by atoms with Gasteiger partial charge >= 0.3 is 0 Å². The van der Waals surface area contributed by atoms with Gasteiger partial charge in [0.2, 0.25) is 0 Å². The lowest BCUT2D eigenvalue weighted by molar-refractivity contribution is 0.216. The van der Waals surface area contributed by atoms with Crippen LogP contribution in [0, 0.1) is 11.8 Å². The number of likely N-dealkylation sites (N-methyl/N-ethyl adjacent to an activating group) is 1. The summed E-state index contributed by atoms with van der Waals surface area (Å²) in [6.07, 6.45) is 12.1. The predicted octanol–water partition coefficient (Wildman–Crippen LogP) is 3.64. The maximum absolute atomic E-state index is 4.56. The van der Waals surface area contributed by atoms with Crippen molar-refractivity contribution in [2.24, 2.45) is 11.8 Å². The molecular weight excluding hydrogens is 246 g/mol. The Morgan fingerprint density at radius 3 is 2.60 bits per heavy atom. The zero-order valence-corrected chi connectivity index (χ0v) is 13.4. The standard InChI is InChI=1S/C17H31N3/c1-4-14-7-9-15(10-8-14)16(18-5-2)13-17-19-11-12-20(17)6-3/h11-12,14-16,18H,4-10,13H2,1-3H3. The molecule has 0 radical (unpaired) electrons. The lowest BCUT2D eigenvalue weighted by atomic mass is 9.77. The van der Waals surface area contributed by atoms with E-state index in [2.05, 4.69) is 41.8 Å². The van der Waals surface area contributed by atoms with Crippen LogP contribution in [0.2, 0.25) is 0 Å². The molecule has 0 aliphatic heterocycles. The molecule has 1 fully saturated rings. The van der Waals surface area contributed by atoms with Crippen LogP contribution in [0.5, 0.6) is 0 Å². The van der Waals surface area contributed by atoms with Crippen molar-refractivity contribution >= 4 is 0 Å². The SMILES string of the molecule is CCNC(Cc1nccn1CC)C1CCC(CC)CC1. The summed E-state index contributed by atoms with van der Waals surface area (Å²) < 4.78 is 2.28. The smallest absolute Gasteiger partial charge is 0.110 e. The van der Waals surface area contributed by atoms with Gasteiger partial charge in [0.15, 0.2) is 0 Å². The van der Waals surface area contributed by atoms with Crippen LogP contribution in [0.4, 0.5) is 0 Å². The minimum absolute atomic E-state index is 0.602. The number of imidazole rings is 1. The highest BCUT2D eigenvalue weighted by Crippen LogP contribution is 2.33. The van der Waals surface area contributed by atoms with Gasteiger partial charge in [0.1, 0.15) is 5.82 Å². The number of aryl methyl sites for hydroxylation is 1. The molecule has 2 rings (SSSR count). The zero-order valence-electron chi connectivity index (χ0n) is 13.4. The highest BCUT2D eigenvalue weighted by atomic mass is 15.1. The Bertz CT molecular complexity index is 377. The summed E-state index contributed by atoms with van der Waals surface area (Å²) >= 11 is 0. The Kier molecular flexibility index (Phi) is 6.08. The maximum Gasteiger partial charge on any atom is 0.110 e. The Hall–Kier alpha value is -0.830. The molecule has 0 saturated heterocycles. The molecule has 1 atom stereocenters. The van der Waals surface area contributed by atoms with Crippen LogP contribution in [0.1, 0.15) is 58.7 Å². The van der Waals surface area contributed by atoms with Gasteiger partial charge in [-0.25, -0.2) is 4.98 Å². The van der Waals surface area contributed by atoms with E-state index in [-0.39, 0.29) is 0 Å². The van der Waals surface area contributed by atoms with Crippen molar-refractivity contribution in [3.8, 4) is 0 Å². The summed E-state index contributed by atoms with van der Waals surface area (Å²) in [7, 11) is 0. The number of nitrogens with zero attached hydrogens (tertiary/aromatic N) is 2. The fourth-order valence-electron chi connectivity index (χ4n) is 3.68. The molecule has 1 saturated carbocycles. The van der Waals surface area contributed by atoms with Crippen molar-refractivity contribution in [2.75, 3.05) is 6.54 Å². The monoisotopic (exact) mass is 277 g/mol. The minimum Gasteiger partial charge on any atom is -0.335 e. The van der Waals surface area contributed by atoms with Crippen LogP contribution in [0.3, 0.4) is 0 Å². The average Bonchev–Trinajstić information content (AvgIpc) is 2.94. The topological polar surface area (TPSA) is 29.9 Å². The van der Waals surface area contributed by atoms with Gasteiger partial charge in [0.05, 0.1) is 0 Å². The van der Waals surface area contributed by atoms with Gasteiger partial charge < -0.3 is 9.88 Å². The third-order valence-electron chi connectivity index (χ3n) is 5.05. The van der Waals surface area contributed by atoms with Gasteiger partial charge in [0, 0.05) is 31.4 Å². The number of hydrogen-bond donors (Lipinski definition) is 1. The third-order valence-corrected chi connectivity index (χ3v) is 5.05. The molecule has 1 N–H and O–H groups in total. The fraction of sp³-hybridized carbons (Fsp3) is 0.824. The Morgan fingerprint density at radius 1 is 1.25 bits per heavy atom. The number of aromatic nitrogens is 2. The largest absolute Gasteiger partial charge is 0.335 e. The molecular formula is C17H31N3. The molecule has 114 valence electrons. The van der Waals surface area contributed by atoms with Crippen LogP contribution in [-0.2, 0) is 13.0 Å². The summed E-state index contributed by atoms with van der Waals surface area (Å²) in [5, 5.41) is 3.72. The average molecular weight is 277 g/mol. The highest BCUT2D eigenvalue weighted by molar-refractivity contribution is 4.97. The van der Waals surface area contributed by atoms with Gasteiger partial charge in [-0.05, 0) is 38.1 Å². The minimum atomic E-state index is 0.602. The summed E-state index contributed by atoms with van der Waals surface area (Å²) in [4.78, 5) is 4.56. The first-order valence-corrected chi connectivity index (χ1v) is 8.51. The van der Waals surface area contributed by atoms with E-state index in [9.17, 15) is 0 Å². The van der Waals surface area contributed by atoms with Gasteiger partial charge in [-0.3, -0.25) is 0 Å². The molecule has 1 aliphatic carbocycles. The molecule has 0 bridgehead atoms. The molecule has 1 unspecified atom stereocenters. The van der Waals surface area contributed by atoms with Crippen molar-refractivity contribution < 1.29 is 0 Å². The normalized spacial score (nSPS) is 24.8. The van der Waals surface area contributed by atoms with E-state index < -0.39 is 0 Å². The van der Waals surface area contributed by atoms with Crippen LogP contribution in [-0.4, -0.2) is 22.1 Å². The zero-order chi connectivity index (χ0) is 14.4. The number of nitrogens with one attached hydrogen (secondary N) is 1. The van der Waals surface area contributed by atoms with E-state index in [1.165, 1.54) is 37.9 Å². The van der Waals surface area contributed by atoms with Crippen LogP contribution in [0.15, 0.2) is 12.4 Å². The van der Waals surface area contributed by atoms with Gasteiger partial charge in [-0.1, -0.05) is 33.1 Å². The van der Waals surface area contributed by atoms with E-state index in [0.29, 0.717) is 6.04 Å². The van der Waals surface area contributed by atoms with Crippen molar-refractivity contribution in [2.45, 2.75) is 71.9 Å². The molecule has 3 nitrogen and oxygen atoms in total. The number of hydrogen-bond acceptors (Lipinski definition) is 2. The van der Waals surface area contributed by atoms with Gasteiger partial charge in [0.25, 0.3) is 0 Å². The fourth-order valence-corrected chi connectivity index (χ4v) is 3.68. The first kappa shape index (κ1) is 15.6. The van der Waals surface area contributed by atoms with Crippen molar-refractivity contribution in [3.63, 3.8) is 0 Å². The quantitative estimate of drug-likeness (QED) is 0.824. The van der Waals surface area contributed by atoms with E-state index in [4.69, 9.17) is 0 Å². The molecule has 0 amide bonds.